The number of hydrogen-bond donors (Lipinski definition) is 2. The number of aryl methyl sites for hydroxylation is 2. The van der Waals surface area contributed by atoms with Gasteiger partial charge < -0.3 is 20.5 Å². The van der Waals surface area contributed by atoms with Crippen molar-refractivity contribution in [2.75, 3.05) is 26.2 Å². The van der Waals surface area contributed by atoms with Crippen molar-refractivity contribution in [3.05, 3.63) is 29.3 Å². The SMILES string of the molecule is Cc1ccc(OCC(O)CN2CCC(C(N)=O)CC2)cc1C. The number of carbonyl (C=O) groups excluding carboxylic acids is 1. The average molecular weight is 306 g/mol. The Morgan fingerprint density at radius 3 is 2.64 bits per heavy atom. The molecule has 1 saturated heterocycles. The number of benzene rings is 1. The summed E-state index contributed by atoms with van der Waals surface area (Å²) in [6, 6.07) is 5.93. The van der Waals surface area contributed by atoms with Gasteiger partial charge in [-0.25, -0.2) is 0 Å². The van der Waals surface area contributed by atoms with Gasteiger partial charge in [-0.1, -0.05) is 6.07 Å². The van der Waals surface area contributed by atoms with Crippen molar-refractivity contribution >= 4 is 5.91 Å². The van der Waals surface area contributed by atoms with E-state index in [1.165, 1.54) is 11.1 Å². The third-order valence-corrected chi connectivity index (χ3v) is 4.38. The Morgan fingerprint density at radius 1 is 1.36 bits per heavy atom. The molecule has 1 aliphatic rings. The highest BCUT2D eigenvalue weighted by Crippen LogP contribution is 2.18. The molecule has 0 aliphatic carbocycles. The molecule has 5 heteroatoms. The van der Waals surface area contributed by atoms with Gasteiger partial charge in [-0.3, -0.25) is 4.79 Å². The Labute approximate surface area is 132 Å². The van der Waals surface area contributed by atoms with Crippen LogP contribution in [0.5, 0.6) is 5.75 Å². The van der Waals surface area contributed by atoms with E-state index in [1.54, 1.807) is 0 Å². The zero-order valence-corrected chi connectivity index (χ0v) is 13.4. The van der Waals surface area contributed by atoms with Gasteiger partial charge in [-0.15, -0.1) is 0 Å². The molecule has 0 spiro atoms. The van der Waals surface area contributed by atoms with Crippen LogP contribution in [-0.2, 0) is 4.79 Å². The van der Waals surface area contributed by atoms with E-state index in [1.807, 2.05) is 25.1 Å². The third kappa shape index (κ3) is 4.71. The number of nitrogens with two attached hydrogens (primary N) is 1. The lowest BCUT2D eigenvalue weighted by molar-refractivity contribution is -0.123. The molecular formula is C17H26N2O3. The van der Waals surface area contributed by atoms with E-state index < -0.39 is 6.10 Å². The molecule has 0 aromatic heterocycles. The van der Waals surface area contributed by atoms with E-state index >= 15 is 0 Å². The molecule has 22 heavy (non-hydrogen) atoms. The van der Waals surface area contributed by atoms with Gasteiger partial charge in [0.25, 0.3) is 0 Å². The van der Waals surface area contributed by atoms with Crippen LogP contribution in [0.4, 0.5) is 0 Å². The van der Waals surface area contributed by atoms with Gasteiger partial charge in [0, 0.05) is 12.5 Å². The fraction of sp³-hybridized carbons (Fsp3) is 0.588. The standard InChI is InChI=1S/C17H26N2O3/c1-12-3-4-16(9-13(12)2)22-11-15(20)10-19-7-5-14(6-8-19)17(18)21/h3-4,9,14-15,20H,5-8,10-11H2,1-2H3,(H2,18,21). The summed E-state index contributed by atoms with van der Waals surface area (Å²) in [4.78, 5) is 13.3. The van der Waals surface area contributed by atoms with Gasteiger partial charge in [0.1, 0.15) is 18.5 Å². The van der Waals surface area contributed by atoms with Crippen molar-refractivity contribution in [3.63, 3.8) is 0 Å². The van der Waals surface area contributed by atoms with Gasteiger partial charge in [0.15, 0.2) is 0 Å². The lowest BCUT2D eigenvalue weighted by Gasteiger charge is -2.31. The number of amides is 1. The molecule has 3 N–H and O–H groups in total. The molecule has 1 unspecified atom stereocenters. The van der Waals surface area contributed by atoms with E-state index in [9.17, 15) is 9.90 Å². The van der Waals surface area contributed by atoms with E-state index in [0.29, 0.717) is 6.54 Å². The first kappa shape index (κ1) is 16.8. The summed E-state index contributed by atoms with van der Waals surface area (Å²) in [6.07, 6.45) is 1.02. The number of nitrogens with zero attached hydrogens (tertiary/aromatic N) is 1. The summed E-state index contributed by atoms with van der Waals surface area (Å²) in [7, 11) is 0. The molecule has 1 aliphatic heterocycles. The lowest BCUT2D eigenvalue weighted by Crippen LogP contribution is -2.43. The predicted octanol–water partition coefficient (Wildman–Crippen LogP) is 1.24. The summed E-state index contributed by atoms with van der Waals surface area (Å²) in [5.41, 5.74) is 7.73. The fourth-order valence-electron chi connectivity index (χ4n) is 2.75. The van der Waals surface area contributed by atoms with Crippen LogP contribution in [0.3, 0.4) is 0 Å². The van der Waals surface area contributed by atoms with Crippen molar-refractivity contribution in [1.82, 2.24) is 4.90 Å². The second kappa shape index (κ2) is 7.61. The number of piperidine rings is 1. The van der Waals surface area contributed by atoms with Crippen molar-refractivity contribution < 1.29 is 14.6 Å². The number of aliphatic hydroxyl groups is 1. The number of ether oxygens (including phenoxy) is 1. The minimum absolute atomic E-state index is 0.0137. The third-order valence-electron chi connectivity index (χ3n) is 4.38. The molecule has 1 aromatic carbocycles. The Balaban J connectivity index is 1.73. The maximum Gasteiger partial charge on any atom is 0.220 e. The molecule has 0 saturated carbocycles. The lowest BCUT2D eigenvalue weighted by atomic mass is 9.96. The van der Waals surface area contributed by atoms with Gasteiger partial charge >= 0.3 is 0 Å². The molecule has 1 atom stereocenters. The molecule has 1 amide bonds. The monoisotopic (exact) mass is 306 g/mol. The maximum absolute atomic E-state index is 11.1. The van der Waals surface area contributed by atoms with E-state index in [2.05, 4.69) is 11.8 Å². The molecule has 122 valence electrons. The smallest absolute Gasteiger partial charge is 0.220 e. The second-order valence-electron chi connectivity index (χ2n) is 6.19. The van der Waals surface area contributed by atoms with Crippen LogP contribution in [-0.4, -0.2) is 48.3 Å². The summed E-state index contributed by atoms with van der Waals surface area (Å²) in [6.45, 7) is 6.54. The van der Waals surface area contributed by atoms with Crippen molar-refractivity contribution in [3.8, 4) is 5.75 Å². The maximum atomic E-state index is 11.1. The first-order valence-electron chi connectivity index (χ1n) is 7.85. The molecule has 2 rings (SSSR count). The first-order chi connectivity index (χ1) is 10.5. The summed E-state index contributed by atoms with van der Waals surface area (Å²) < 4.78 is 5.65. The van der Waals surface area contributed by atoms with Crippen LogP contribution in [0.1, 0.15) is 24.0 Å². The van der Waals surface area contributed by atoms with Gasteiger partial charge in [-0.05, 0) is 63.0 Å². The number of hydrogen-bond acceptors (Lipinski definition) is 4. The number of likely N-dealkylation sites (tertiary alicyclic amines) is 1. The summed E-state index contributed by atoms with van der Waals surface area (Å²) in [5.74, 6) is 0.563. The molecule has 1 aromatic rings. The molecule has 1 fully saturated rings. The number of rotatable bonds is 6. The zero-order chi connectivity index (χ0) is 16.1. The van der Waals surface area contributed by atoms with Gasteiger partial charge in [0.05, 0.1) is 0 Å². The molecular weight excluding hydrogens is 280 g/mol. The van der Waals surface area contributed by atoms with Crippen LogP contribution in [0.2, 0.25) is 0 Å². The van der Waals surface area contributed by atoms with Gasteiger partial charge in [-0.2, -0.15) is 0 Å². The zero-order valence-electron chi connectivity index (χ0n) is 13.4. The minimum Gasteiger partial charge on any atom is -0.491 e. The van der Waals surface area contributed by atoms with Crippen LogP contribution in [0.15, 0.2) is 18.2 Å². The van der Waals surface area contributed by atoms with Crippen molar-refractivity contribution in [1.29, 1.82) is 0 Å². The van der Waals surface area contributed by atoms with E-state index in [0.717, 1.165) is 31.7 Å². The quantitative estimate of drug-likeness (QED) is 0.829. The predicted molar refractivity (Wildman–Crippen MR) is 85.8 cm³/mol. The molecule has 0 radical (unpaired) electrons. The minimum atomic E-state index is -0.535. The highest BCUT2D eigenvalue weighted by Gasteiger charge is 2.24. The van der Waals surface area contributed by atoms with Crippen LogP contribution in [0, 0.1) is 19.8 Å². The second-order valence-corrected chi connectivity index (χ2v) is 6.19. The highest BCUT2D eigenvalue weighted by molar-refractivity contribution is 5.76. The van der Waals surface area contributed by atoms with Gasteiger partial charge in [0.2, 0.25) is 5.91 Å². The number of β-amino-alcohol motifs (C(OH)–C–C–N with tert-alkyl or cyclic N) is 1. The van der Waals surface area contributed by atoms with E-state index in [4.69, 9.17) is 10.5 Å². The number of aliphatic hydroxyl groups excluding tert-OH is 1. The Kier molecular flexibility index (Phi) is 5.80. The number of carbonyl (C=O) groups is 1. The largest absolute Gasteiger partial charge is 0.491 e. The Morgan fingerprint density at radius 2 is 2.05 bits per heavy atom. The highest BCUT2D eigenvalue weighted by atomic mass is 16.5. The van der Waals surface area contributed by atoms with Crippen molar-refractivity contribution in [2.24, 2.45) is 11.7 Å². The van der Waals surface area contributed by atoms with E-state index in [-0.39, 0.29) is 18.4 Å². The summed E-state index contributed by atoms with van der Waals surface area (Å²) >= 11 is 0. The molecule has 5 nitrogen and oxygen atoms in total. The van der Waals surface area contributed by atoms with Crippen LogP contribution < -0.4 is 10.5 Å². The topological polar surface area (TPSA) is 75.8 Å². The molecule has 0 bridgehead atoms. The first-order valence-corrected chi connectivity index (χ1v) is 7.85. The number of primary amides is 1. The Hall–Kier alpha value is -1.59. The van der Waals surface area contributed by atoms with Crippen LogP contribution in [0.25, 0.3) is 0 Å². The average Bonchev–Trinajstić information content (AvgIpc) is 2.49. The normalized spacial score (nSPS) is 18.1. The fourth-order valence-corrected chi connectivity index (χ4v) is 2.75. The molecule has 1 heterocycles. The van der Waals surface area contributed by atoms with Crippen molar-refractivity contribution in [2.45, 2.75) is 32.8 Å². The van der Waals surface area contributed by atoms with Crippen LogP contribution >= 0.6 is 0 Å². The Bertz CT molecular complexity index is 511. The summed E-state index contributed by atoms with van der Waals surface area (Å²) in [5, 5.41) is 10.1.